The Hall–Kier alpha value is -3.41. The highest BCUT2D eigenvalue weighted by Gasteiger charge is 2.42. The second-order valence-corrected chi connectivity index (χ2v) is 8.27. The van der Waals surface area contributed by atoms with E-state index in [1.165, 1.54) is 5.56 Å². The molecule has 1 fully saturated rings. The molecule has 0 radical (unpaired) electrons. The lowest BCUT2D eigenvalue weighted by atomic mass is 9.76. The minimum absolute atomic E-state index is 0.0576. The molecule has 3 amide bonds. The van der Waals surface area contributed by atoms with Crippen LogP contribution in [0.2, 0.25) is 0 Å². The highest BCUT2D eigenvalue weighted by Crippen LogP contribution is 2.37. The van der Waals surface area contributed by atoms with Crippen LogP contribution in [0.25, 0.3) is 10.9 Å². The molecule has 152 valence electrons. The molecule has 0 saturated carbocycles. The monoisotopic (exact) mass is 400 g/mol. The molecule has 2 N–H and O–H groups in total. The lowest BCUT2D eigenvalue weighted by molar-refractivity contribution is -0.123. The van der Waals surface area contributed by atoms with Crippen molar-refractivity contribution in [3.63, 3.8) is 0 Å². The number of nitrogens with one attached hydrogen (secondary N) is 2. The molecule has 1 aromatic heterocycles. The lowest BCUT2D eigenvalue weighted by Gasteiger charge is -2.45. The molecule has 3 heterocycles. The van der Waals surface area contributed by atoms with Gasteiger partial charge in [0, 0.05) is 18.5 Å². The number of anilines is 1. The predicted molar refractivity (Wildman–Crippen MR) is 116 cm³/mol. The van der Waals surface area contributed by atoms with E-state index < -0.39 is 0 Å². The predicted octanol–water partition coefficient (Wildman–Crippen LogP) is 3.74. The van der Waals surface area contributed by atoms with Crippen LogP contribution in [0, 0.1) is 6.92 Å². The van der Waals surface area contributed by atoms with Crippen molar-refractivity contribution in [1.82, 2.24) is 15.2 Å². The highest BCUT2D eigenvalue weighted by atomic mass is 16.2. The molecule has 6 heteroatoms. The summed E-state index contributed by atoms with van der Waals surface area (Å²) in [6.45, 7) is 3.18. The number of urea groups is 1. The Morgan fingerprint density at radius 2 is 1.87 bits per heavy atom. The van der Waals surface area contributed by atoms with E-state index in [9.17, 15) is 9.59 Å². The van der Waals surface area contributed by atoms with E-state index in [1.54, 1.807) is 4.90 Å². The number of benzene rings is 2. The van der Waals surface area contributed by atoms with Crippen molar-refractivity contribution in [2.24, 2.45) is 0 Å². The number of nitrogens with zero attached hydrogens (tertiary/aromatic N) is 2. The summed E-state index contributed by atoms with van der Waals surface area (Å²) in [5.41, 5.74) is 3.91. The molecular weight excluding hydrogens is 376 g/mol. The Bertz CT molecular complexity index is 1150. The lowest BCUT2D eigenvalue weighted by Crippen LogP contribution is -2.57. The largest absolute Gasteiger partial charge is 0.346 e. The SMILES string of the molecule is Cc1ccc2ccc(NC(=O)N3CCC4(CC3)NC(=O)Cc3ccccc34)nc2c1. The van der Waals surface area contributed by atoms with Gasteiger partial charge in [-0.2, -0.15) is 0 Å². The van der Waals surface area contributed by atoms with Crippen LogP contribution in [0.15, 0.2) is 54.6 Å². The zero-order chi connectivity index (χ0) is 20.7. The summed E-state index contributed by atoms with van der Waals surface area (Å²) in [7, 11) is 0. The van der Waals surface area contributed by atoms with Crippen molar-refractivity contribution in [2.45, 2.75) is 31.7 Å². The summed E-state index contributed by atoms with van der Waals surface area (Å²) < 4.78 is 0. The number of likely N-dealkylation sites (tertiary alicyclic amines) is 1. The van der Waals surface area contributed by atoms with Crippen LogP contribution in [-0.4, -0.2) is 34.9 Å². The number of rotatable bonds is 1. The van der Waals surface area contributed by atoms with E-state index in [0.29, 0.717) is 38.2 Å². The number of amides is 3. The van der Waals surface area contributed by atoms with Gasteiger partial charge in [-0.15, -0.1) is 0 Å². The molecule has 3 aromatic rings. The molecule has 30 heavy (non-hydrogen) atoms. The molecule has 0 atom stereocenters. The molecule has 6 nitrogen and oxygen atoms in total. The molecule has 2 aromatic carbocycles. The first-order valence-electron chi connectivity index (χ1n) is 10.4. The second-order valence-electron chi connectivity index (χ2n) is 8.27. The summed E-state index contributed by atoms with van der Waals surface area (Å²) >= 11 is 0. The maximum Gasteiger partial charge on any atom is 0.323 e. The topological polar surface area (TPSA) is 74.3 Å². The molecule has 2 aliphatic heterocycles. The molecule has 5 rings (SSSR count). The quantitative estimate of drug-likeness (QED) is 0.654. The van der Waals surface area contributed by atoms with Gasteiger partial charge in [-0.25, -0.2) is 9.78 Å². The van der Waals surface area contributed by atoms with Gasteiger partial charge >= 0.3 is 6.03 Å². The standard InChI is InChI=1S/C24H24N4O2/c1-16-6-7-17-8-9-21(25-20(17)14-16)26-23(30)28-12-10-24(11-13-28)19-5-3-2-4-18(19)15-22(29)27-24/h2-9,14H,10-13,15H2,1H3,(H,27,29)(H,25,26,30). The normalized spacial score (nSPS) is 17.5. The van der Waals surface area contributed by atoms with Crippen LogP contribution in [0.5, 0.6) is 0 Å². The molecule has 1 saturated heterocycles. The van der Waals surface area contributed by atoms with Gasteiger partial charge in [-0.1, -0.05) is 36.4 Å². The van der Waals surface area contributed by atoms with Gasteiger partial charge in [0.1, 0.15) is 5.82 Å². The first-order chi connectivity index (χ1) is 14.5. The van der Waals surface area contributed by atoms with Crippen LogP contribution < -0.4 is 10.6 Å². The average Bonchev–Trinajstić information content (AvgIpc) is 2.74. The minimum atomic E-state index is -0.374. The van der Waals surface area contributed by atoms with Crippen molar-refractivity contribution in [1.29, 1.82) is 0 Å². The fourth-order valence-corrected chi connectivity index (χ4v) is 4.66. The van der Waals surface area contributed by atoms with Gasteiger partial charge in [0.25, 0.3) is 0 Å². The molecule has 1 spiro atoms. The van der Waals surface area contributed by atoms with E-state index in [2.05, 4.69) is 21.7 Å². The van der Waals surface area contributed by atoms with Crippen molar-refractivity contribution in [3.05, 3.63) is 71.3 Å². The fraction of sp³-hybridized carbons (Fsp3) is 0.292. The number of hydrogen-bond acceptors (Lipinski definition) is 3. The van der Waals surface area contributed by atoms with E-state index in [4.69, 9.17) is 0 Å². The molecule has 0 aliphatic carbocycles. The molecule has 0 bridgehead atoms. The number of hydrogen-bond donors (Lipinski definition) is 2. The Kier molecular flexibility index (Phi) is 4.42. The number of fused-ring (bicyclic) bond motifs is 3. The zero-order valence-electron chi connectivity index (χ0n) is 16.9. The summed E-state index contributed by atoms with van der Waals surface area (Å²) in [6, 6.07) is 17.9. The third-order valence-corrected chi connectivity index (χ3v) is 6.25. The van der Waals surface area contributed by atoms with Crippen LogP contribution in [-0.2, 0) is 16.8 Å². The summed E-state index contributed by atoms with van der Waals surface area (Å²) in [4.78, 5) is 31.5. The molecule has 2 aliphatic rings. The fourth-order valence-electron chi connectivity index (χ4n) is 4.66. The van der Waals surface area contributed by atoms with Crippen molar-refractivity contribution in [3.8, 4) is 0 Å². The van der Waals surface area contributed by atoms with Crippen LogP contribution in [0.1, 0.15) is 29.5 Å². The second kappa shape index (κ2) is 7.13. The molecular formula is C24H24N4O2. The third kappa shape index (κ3) is 3.28. The number of carbonyl (C=O) groups is 2. The third-order valence-electron chi connectivity index (χ3n) is 6.25. The Balaban J connectivity index is 1.30. The summed E-state index contributed by atoms with van der Waals surface area (Å²) in [6.07, 6.45) is 1.83. The Morgan fingerprint density at radius 3 is 2.70 bits per heavy atom. The number of carbonyl (C=O) groups excluding carboxylic acids is 2. The van der Waals surface area contributed by atoms with Gasteiger partial charge in [-0.3, -0.25) is 10.1 Å². The summed E-state index contributed by atoms with van der Waals surface area (Å²) in [5, 5.41) is 7.19. The van der Waals surface area contributed by atoms with Crippen molar-refractivity contribution in [2.75, 3.05) is 18.4 Å². The maximum absolute atomic E-state index is 12.8. The first-order valence-corrected chi connectivity index (χ1v) is 10.4. The smallest absolute Gasteiger partial charge is 0.323 e. The van der Waals surface area contributed by atoms with Crippen LogP contribution in [0.4, 0.5) is 10.6 Å². The molecule has 0 unspecified atom stereocenters. The number of piperidine rings is 1. The van der Waals surface area contributed by atoms with Gasteiger partial charge < -0.3 is 10.2 Å². The maximum atomic E-state index is 12.8. The minimum Gasteiger partial charge on any atom is -0.346 e. The summed E-state index contributed by atoms with van der Waals surface area (Å²) in [5.74, 6) is 0.608. The van der Waals surface area contributed by atoms with Crippen LogP contribution in [0.3, 0.4) is 0 Å². The van der Waals surface area contributed by atoms with E-state index in [0.717, 1.165) is 22.0 Å². The van der Waals surface area contributed by atoms with Gasteiger partial charge in [0.15, 0.2) is 0 Å². The Morgan fingerprint density at radius 1 is 1.10 bits per heavy atom. The number of aryl methyl sites for hydroxylation is 1. The van der Waals surface area contributed by atoms with Crippen molar-refractivity contribution < 1.29 is 9.59 Å². The number of aromatic nitrogens is 1. The zero-order valence-corrected chi connectivity index (χ0v) is 16.9. The van der Waals surface area contributed by atoms with Crippen LogP contribution >= 0.6 is 0 Å². The van der Waals surface area contributed by atoms with E-state index >= 15 is 0 Å². The highest BCUT2D eigenvalue weighted by molar-refractivity contribution is 5.90. The van der Waals surface area contributed by atoms with E-state index in [1.807, 2.05) is 55.5 Å². The van der Waals surface area contributed by atoms with E-state index in [-0.39, 0.29) is 17.5 Å². The van der Waals surface area contributed by atoms with Crippen molar-refractivity contribution >= 4 is 28.7 Å². The first kappa shape index (κ1) is 18.6. The average molecular weight is 400 g/mol. The number of pyridine rings is 1. The van der Waals surface area contributed by atoms with Gasteiger partial charge in [0.2, 0.25) is 5.91 Å². The van der Waals surface area contributed by atoms with Gasteiger partial charge in [-0.05, 0) is 54.7 Å². The Labute approximate surface area is 175 Å². The van der Waals surface area contributed by atoms with Gasteiger partial charge in [0.05, 0.1) is 17.5 Å².